The molecule has 0 saturated carbocycles. The highest BCUT2D eigenvalue weighted by molar-refractivity contribution is 5.89. The van der Waals surface area contributed by atoms with E-state index >= 15 is 0 Å². The van der Waals surface area contributed by atoms with Crippen molar-refractivity contribution in [2.75, 3.05) is 5.32 Å². The smallest absolute Gasteiger partial charge is 0.128 e. The molecule has 0 radical (unpaired) electrons. The van der Waals surface area contributed by atoms with Crippen molar-refractivity contribution in [1.82, 2.24) is 0 Å². The Morgan fingerprint density at radius 1 is 0.640 bits per heavy atom. The summed E-state index contributed by atoms with van der Waals surface area (Å²) < 4.78 is 5.92. The average Bonchev–Trinajstić information content (AvgIpc) is 2.64. The van der Waals surface area contributed by atoms with Gasteiger partial charge in [0, 0.05) is 16.8 Å². The van der Waals surface area contributed by atoms with E-state index in [0.29, 0.717) is 0 Å². The number of hydrogen-bond donors (Lipinski definition) is 2. The van der Waals surface area contributed by atoms with E-state index in [-0.39, 0.29) is 5.75 Å². The number of anilines is 2. The Hall–Kier alpha value is -3.46. The fraction of sp³-hybridized carbons (Fsp3) is 0. The fourth-order valence-corrected chi connectivity index (χ4v) is 2.74. The first kappa shape index (κ1) is 15.1. The van der Waals surface area contributed by atoms with E-state index in [4.69, 9.17) is 4.74 Å². The minimum Gasteiger partial charge on any atom is -0.507 e. The summed E-state index contributed by atoms with van der Waals surface area (Å²) in [5.41, 5.74) is 2.05. The standard InChI is InChI=1S/C22H17NO2/c24-22-8-4-5-16-15-20(13-14-21(16)22)25-19-11-9-18(10-12-19)23-17-6-2-1-3-7-17/h1-15,23-24H. The normalized spacial score (nSPS) is 10.6. The molecule has 0 unspecified atom stereocenters. The van der Waals surface area contributed by atoms with E-state index in [9.17, 15) is 5.11 Å². The van der Waals surface area contributed by atoms with Gasteiger partial charge < -0.3 is 15.2 Å². The van der Waals surface area contributed by atoms with Gasteiger partial charge >= 0.3 is 0 Å². The summed E-state index contributed by atoms with van der Waals surface area (Å²) in [6.07, 6.45) is 0. The van der Waals surface area contributed by atoms with Crippen LogP contribution in [-0.2, 0) is 0 Å². The van der Waals surface area contributed by atoms with Crippen molar-refractivity contribution in [2.24, 2.45) is 0 Å². The number of nitrogens with one attached hydrogen (secondary N) is 1. The number of fused-ring (bicyclic) bond motifs is 1. The first-order valence-corrected chi connectivity index (χ1v) is 8.10. The third-order valence-electron chi connectivity index (χ3n) is 3.98. The van der Waals surface area contributed by atoms with Crippen LogP contribution < -0.4 is 10.1 Å². The summed E-state index contributed by atoms with van der Waals surface area (Å²) in [5, 5.41) is 15.0. The van der Waals surface area contributed by atoms with Crippen molar-refractivity contribution < 1.29 is 9.84 Å². The molecule has 0 aliphatic rings. The van der Waals surface area contributed by atoms with Crippen LogP contribution in [0.5, 0.6) is 17.2 Å². The maximum atomic E-state index is 9.86. The first-order valence-electron chi connectivity index (χ1n) is 8.10. The van der Waals surface area contributed by atoms with Crippen molar-refractivity contribution in [3.8, 4) is 17.2 Å². The van der Waals surface area contributed by atoms with Crippen LogP contribution in [0.4, 0.5) is 11.4 Å². The van der Waals surface area contributed by atoms with Gasteiger partial charge in [0.1, 0.15) is 17.2 Å². The highest BCUT2D eigenvalue weighted by atomic mass is 16.5. The van der Waals surface area contributed by atoms with Gasteiger partial charge in [0.2, 0.25) is 0 Å². The molecule has 4 aromatic rings. The molecule has 0 aliphatic heterocycles. The minimum absolute atomic E-state index is 0.278. The fourth-order valence-electron chi connectivity index (χ4n) is 2.74. The average molecular weight is 327 g/mol. The van der Waals surface area contributed by atoms with Crippen LogP contribution in [0.3, 0.4) is 0 Å². The molecule has 4 aromatic carbocycles. The quantitative estimate of drug-likeness (QED) is 0.477. The molecule has 3 nitrogen and oxygen atoms in total. The second-order valence-electron chi connectivity index (χ2n) is 5.78. The predicted molar refractivity (Wildman–Crippen MR) is 102 cm³/mol. The molecule has 0 bridgehead atoms. The molecule has 3 heteroatoms. The molecular formula is C22H17NO2. The lowest BCUT2D eigenvalue weighted by molar-refractivity contribution is 0.479. The number of hydrogen-bond acceptors (Lipinski definition) is 3. The van der Waals surface area contributed by atoms with Gasteiger partial charge in [0.15, 0.2) is 0 Å². The van der Waals surface area contributed by atoms with Crippen LogP contribution in [0.25, 0.3) is 10.8 Å². The Bertz CT molecular complexity index is 995. The first-order chi connectivity index (χ1) is 12.3. The molecule has 0 heterocycles. The van der Waals surface area contributed by atoms with E-state index in [0.717, 1.165) is 33.6 Å². The number of para-hydroxylation sites is 1. The zero-order valence-electron chi connectivity index (χ0n) is 13.5. The lowest BCUT2D eigenvalue weighted by Gasteiger charge is -2.10. The number of ether oxygens (including phenoxy) is 1. The van der Waals surface area contributed by atoms with Crippen LogP contribution in [0.1, 0.15) is 0 Å². The summed E-state index contributed by atoms with van der Waals surface area (Å²) in [6, 6.07) is 29.0. The van der Waals surface area contributed by atoms with Crippen molar-refractivity contribution >= 4 is 22.1 Å². The van der Waals surface area contributed by atoms with Crippen molar-refractivity contribution in [2.45, 2.75) is 0 Å². The van der Waals surface area contributed by atoms with Crippen molar-refractivity contribution in [1.29, 1.82) is 0 Å². The zero-order valence-corrected chi connectivity index (χ0v) is 13.5. The summed E-state index contributed by atoms with van der Waals surface area (Å²) in [6.45, 7) is 0. The second kappa shape index (κ2) is 6.57. The highest BCUT2D eigenvalue weighted by Crippen LogP contribution is 2.30. The molecule has 25 heavy (non-hydrogen) atoms. The van der Waals surface area contributed by atoms with E-state index in [2.05, 4.69) is 5.32 Å². The summed E-state index contributed by atoms with van der Waals surface area (Å²) in [5.74, 6) is 1.78. The van der Waals surface area contributed by atoms with E-state index in [1.807, 2.05) is 84.9 Å². The van der Waals surface area contributed by atoms with Gasteiger partial charge in [-0.2, -0.15) is 0 Å². The number of phenolic OH excluding ortho intramolecular Hbond substituents is 1. The zero-order chi connectivity index (χ0) is 17.1. The van der Waals surface area contributed by atoms with Crippen molar-refractivity contribution in [3.05, 3.63) is 91.0 Å². The van der Waals surface area contributed by atoms with Gasteiger partial charge in [-0.25, -0.2) is 0 Å². The van der Waals surface area contributed by atoms with Gasteiger partial charge in [0.25, 0.3) is 0 Å². The highest BCUT2D eigenvalue weighted by Gasteiger charge is 2.03. The molecule has 0 fully saturated rings. The lowest BCUT2D eigenvalue weighted by atomic mass is 10.1. The lowest BCUT2D eigenvalue weighted by Crippen LogP contribution is -1.90. The van der Waals surface area contributed by atoms with Gasteiger partial charge in [-0.1, -0.05) is 30.3 Å². The molecule has 2 N–H and O–H groups in total. The van der Waals surface area contributed by atoms with E-state index in [1.165, 1.54) is 0 Å². The van der Waals surface area contributed by atoms with Crippen molar-refractivity contribution in [3.63, 3.8) is 0 Å². The summed E-state index contributed by atoms with van der Waals surface area (Å²) >= 11 is 0. The Balaban J connectivity index is 1.51. The van der Waals surface area contributed by atoms with Crippen LogP contribution >= 0.6 is 0 Å². The third kappa shape index (κ3) is 3.40. The molecule has 0 aromatic heterocycles. The molecule has 0 saturated heterocycles. The van der Waals surface area contributed by atoms with Crippen LogP contribution in [-0.4, -0.2) is 5.11 Å². The molecule has 0 amide bonds. The Morgan fingerprint density at radius 2 is 1.36 bits per heavy atom. The molecule has 0 atom stereocenters. The summed E-state index contributed by atoms with van der Waals surface area (Å²) in [7, 11) is 0. The molecule has 122 valence electrons. The molecule has 0 spiro atoms. The number of phenols is 1. The van der Waals surface area contributed by atoms with Crippen LogP contribution in [0, 0.1) is 0 Å². The molecule has 0 aliphatic carbocycles. The molecule has 4 rings (SSSR count). The maximum Gasteiger partial charge on any atom is 0.128 e. The number of aromatic hydroxyl groups is 1. The topological polar surface area (TPSA) is 41.5 Å². The Labute approximate surface area is 146 Å². The maximum absolute atomic E-state index is 9.86. The van der Waals surface area contributed by atoms with Gasteiger partial charge in [-0.05, 0) is 66.0 Å². The largest absolute Gasteiger partial charge is 0.507 e. The predicted octanol–water partition coefficient (Wildman–Crippen LogP) is 6.08. The second-order valence-corrected chi connectivity index (χ2v) is 5.78. The van der Waals surface area contributed by atoms with Gasteiger partial charge in [-0.3, -0.25) is 0 Å². The van der Waals surface area contributed by atoms with Crippen LogP contribution in [0.2, 0.25) is 0 Å². The summed E-state index contributed by atoms with van der Waals surface area (Å²) in [4.78, 5) is 0. The molecular weight excluding hydrogens is 310 g/mol. The van der Waals surface area contributed by atoms with Crippen LogP contribution in [0.15, 0.2) is 91.0 Å². The Kier molecular flexibility index (Phi) is 3.97. The SMILES string of the molecule is Oc1cccc2cc(Oc3ccc(Nc4ccccc4)cc3)ccc12. The van der Waals surface area contributed by atoms with Gasteiger partial charge in [-0.15, -0.1) is 0 Å². The number of rotatable bonds is 4. The third-order valence-corrected chi connectivity index (χ3v) is 3.98. The minimum atomic E-state index is 0.278. The van der Waals surface area contributed by atoms with E-state index < -0.39 is 0 Å². The van der Waals surface area contributed by atoms with Gasteiger partial charge in [0.05, 0.1) is 0 Å². The van der Waals surface area contributed by atoms with E-state index in [1.54, 1.807) is 6.07 Å². The number of benzene rings is 4. The monoisotopic (exact) mass is 327 g/mol. The Morgan fingerprint density at radius 3 is 2.16 bits per heavy atom.